The van der Waals surface area contributed by atoms with Crippen molar-refractivity contribution in [3.63, 3.8) is 0 Å². The molecule has 30 heavy (non-hydrogen) atoms. The van der Waals surface area contributed by atoms with Crippen LogP contribution in [0, 0.1) is 0 Å². The maximum atomic E-state index is 12.7. The molecule has 0 bridgehead atoms. The van der Waals surface area contributed by atoms with Crippen LogP contribution >= 0.6 is 0 Å². The van der Waals surface area contributed by atoms with Crippen LogP contribution in [0.1, 0.15) is 77.6 Å². The molecule has 4 rings (SSSR count). The molecule has 2 N–H and O–H groups in total. The largest absolute Gasteiger partial charge is 0.463 e. The first-order chi connectivity index (χ1) is 14.7. The van der Waals surface area contributed by atoms with Gasteiger partial charge in [0.15, 0.2) is 5.65 Å². The third-order valence-electron chi connectivity index (χ3n) is 6.79. The Hall–Kier alpha value is -2.09. The number of unbranched alkanes of at least 4 members (excludes halogenated alkanes) is 1. The van der Waals surface area contributed by atoms with E-state index in [9.17, 15) is 4.79 Å². The van der Waals surface area contributed by atoms with Gasteiger partial charge in [0.25, 0.3) is 0 Å². The number of rotatable bonds is 9. The van der Waals surface area contributed by atoms with Crippen LogP contribution in [-0.2, 0) is 6.54 Å². The number of fused-ring (bicyclic) bond motifs is 1. The predicted molar refractivity (Wildman–Crippen MR) is 118 cm³/mol. The lowest BCUT2D eigenvalue weighted by Gasteiger charge is -2.40. The smallest absolute Gasteiger partial charge is 0.348 e. The summed E-state index contributed by atoms with van der Waals surface area (Å²) in [5.74, 6) is 5.98. The van der Waals surface area contributed by atoms with Gasteiger partial charge in [-0.15, -0.1) is 0 Å². The van der Waals surface area contributed by atoms with E-state index in [1.165, 1.54) is 51.5 Å². The average Bonchev–Trinajstić information content (AvgIpc) is 3.38. The summed E-state index contributed by atoms with van der Waals surface area (Å²) in [6.45, 7) is 4.55. The van der Waals surface area contributed by atoms with Gasteiger partial charge in [0.1, 0.15) is 5.52 Å². The number of ether oxygens (including phenoxy) is 1. The Morgan fingerprint density at radius 1 is 1.17 bits per heavy atom. The number of hydrogen-bond acceptors (Lipinski definition) is 6. The number of nitrogens with zero attached hydrogens (tertiary/aromatic N) is 5. The molecule has 2 aromatic rings. The topological polar surface area (TPSA) is 91.2 Å². The number of nitrogen functional groups attached to an aromatic ring is 1. The minimum atomic E-state index is -0.235. The highest BCUT2D eigenvalue weighted by Crippen LogP contribution is 2.31. The van der Waals surface area contributed by atoms with Gasteiger partial charge < -0.3 is 10.6 Å². The van der Waals surface area contributed by atoms with Crippen LogP contribution in [0.5, 0.6) is 6.01 Å². The van der Waals surface area contributed by atoms with Crippen LogP contribution < -0.4 is 16.3 Å². The monoisotopic (exact) mass is 416 g/mol. The lowest BCUT2D eigenvalue weighted by Crippen LogP contribution is -2.45. The van der Waals surface area contributed by atoms with Gasteiger partial charge in [-0.2, -0.15) is 4.98 Å². The van der Waals surface area contributed by atoms with Gasteiger partial charge in [-0.3, -0.25) is 9.47 Å². The molecule has 8 nitrogen and oxygen atoms in total. The van der Waals surface area contributed by atoms with E-state index in [1.54, 1.807) is 10.8 Å². The van der Waals surface area contributed by atoms with Crippen LogP contribution in [0.3, 0.4) is 0 Å². The molecule has 166 valence electrons. The molecule has 0 aromatic carbocycles. The standard InChI is InChI=1S/C22H36N6O2/c1-2-3-15-30-21-24-16-19-20(25-21)27(22(29)28(19)23)14-8-12-18-11-6-7-13-26(18)17-9-4-5-10-17/h16-18H,2-15,23H2,1H3. The minimum Gasteiger partial charge on any atom is -0.463 e. The molecule has 2 aromatic heterocycles. The van der Waals surface area contributed by atoms with Crippen LogP contribution in [0.15, 0.2) is 11.0 Å². The van der Waals surface area contributed by atoms with Crippen molar-refractivity contribution in [3.8, 4) is 6.01 Å². The fraction of sp³-hybridized carbons (Fsp3) is 0.773. The average molecular weight is 417 g/mol. The Morgan fingerprint density at radius 2 is 1.97 bits per heavy atom. The van der Waals surface area contributed by atoms with Crippen LogP contribution in [0.4, 0.5) is 0 Å². The molecule has 1 atom stereocenters. The first-order valence-electron chi connectivity index (χ1n) is 11.8. The van der Waals surface area contributed by atoms with Gasteiger partial charge in [0, 0.05) is 18.6 Å². The molecule has 3 heterocycles. The molecule has 2 fully saturated rings. The van der Waals surface area contributed by atoms with Crippen LogP contribution in [0.2, 0.25) is 0 Å². The Bertz CT molecular complexity index is 886. The van der Waals surface area contributed by atoms with Gasteiger partial charge in [-0.1, -0.05) is 32.6 Å². The number of hydrogen-bond donors (Lipinski definition) is 1. The molecule has 1 aliphatic heterocycles. The summed E-state index contributed by atoms with van der Waals surface area (Å²) in [5.41, 5.74) is 0.884. The first kappa shape index (κ1) is 21.2. The maximum absolute atomic E-state index is 12.7. The van der Waals surface area contributed by atoms with Gasteiger partial charge in [0.2, 0.25) is 0 Å². The maximum Gasteiger partial charge on any atom is 0.348 e. The molecule has 0 radical (unpaired) electrons. The minimum absolute atomic E-state index is 0.235. The van der Waals surface area contributed by atoms with E-state index >= 15 is 0 Å². The number of aryl methyl sites for hydroxylation is 1. The molecule has 0 amide bonds. The molecule has 1 saturated carbocycles. The number of nitrogens with two attached hydrogens (primary N) is 1. The third-order valence-corrected chi connectivity index (χ3v) is 6.79. The third kappa shape index (κ3) is 4.48. The van der Waals surface area contributed by atoms with Crippen LogP contribution in [0.25, 0.3) is 11.2 Å². The van der Waals surface area contributed by atoms with Crippen LogP contribution in [-0.4, -0.2) is 49.3 Å². The van der Waals surface area contributed by atoms with Gasteiger partial charge in [-0.05, 0) is 51.5 Å². The molecule has 0 spiro atoms. The van der Waals surface area contributed by atoms with E-state index < -0.39 is 0 Å². The summed E-state index contributed by atoms with van der Waals surface area (Å²) in [5, 5.41) is 0. The number of imidazole rings is 1. The zero-order chi connectivity index (χ0) is 20.9. The summed E-state index contributed by atoms with van der Waals surface area (Å²) in [7, 11) is 0. The second kappa shape index (κ2) is 9.81. The lowest BCUT2D eigenvalue weighted by molar-refractivity contribution is 0.0890. The van der Waals surface area contributed by atoms with Crippen molar-refractivity contribution < 1.29 is 4.74 Å². The highest BCUT2D eigenvalue weighted by Gasteiger charge is 2.30. The predicted octanol–water partition coefficient (Wildman–Crippen LogP) is 3.06. The highest BCUT2D eigenvalue weighted by atomic mass is 16.5. The fourth-order valence-electron chi connectivity index (χ4n) is 5.16. The zero-order valence-electron chi connectivity index (χ0n) is 18.3. The fourth-order valence-corrected chi connectivity index (χ4v) is 5.16. The number of piperidine rings is 1. The van der Waals surface area contributed by atoms with E-state index in [1.807, 2.05) is 0 Å². The molecule has 1 unspecified atom stereocenters. The van der Waals surface area contributed by atoms with Crippen molar-refractivity contribution in [1.82, 2.24) is 24.1 Å². The van der Waals surface area contributed by atoms with Crippen molar-refractivity contribution >= 4 is 11.2 Å². The van der Waals surface area contributed by atoms with Gasteiger partial charge >= 0.3 is 11.7 Å². The lowest BCUT2D eigenvalue weighted by atomic mass is 9.95. The van der Waals surface area contributed by atoms with E-state index in [2.05, 4.69) is 21.8 Å². The molecular formula is C22H36N6O2. The summed E-state index contributed by atoms with van der Waals surface area (Å²) >= 11 is 0. The van der Waals surface area contributed by atoms with Gasteiger partial charge in [-0.25, -0.2) is 14.5 Å². The molecule has 2 aliphatic rings. The summed E-state index contributed by atoms with van der Waals surface area (Å²) < 4.78 is 8.47. The van der Waals surface area contributed by atoms with E-state index in [4.69, 9.17) is 10.6 Å². The molecular weight excluding hydrogens is 380 g/mol. The highest BCUT2D eigenvalue weighted by molar-refractivity contribution is 5.70. The first-order valence-corrected chi connectivity index (χ1v) is 11.8. The Kier molecular flexibility index (Phi) is 6.92. The summed E-state index contributed by atoms with van der Waals surface area (Å²) in [4.78, 5) is 24.2. The second-order valence-electron chi connectivity index (χ2n) is 8.84. The molecule has 1 saturated heterocycles. The van der Waals surface area contributed by atoms with Gasteiger partial charge in [0.05, 0.1) is 12.8 Å². The molecule has 1 aliphatic carbocycles. The van der Waals surface area contributed by atoms with E-state index in [0.717, 1.165) is 36.4 Å². The van der Waals surface area contributed by atoms with Crippen molar-refractivity contribution in [2.75, 3.05) is 19.0 Å². The second-order valence-corrected chi connectivity index (χ2v) is 8.84. The van der Waals surface area contributed by atoms with Crippen molar-refractivity contribution in [3.05, 3.63) is 16.7 Å². The van der Waals surface area contributed by atoms with Crippen molar-refractivity contribution in [2.24, 2.45) is 0 Å². The summed E-state index contributed by atoms with van der Waals surface area (Å²) in [6, 6.07) is 1.74. The Balaban J connectivity index is 1.44. The summed E-state index contributed by atoms with van der Waals surface area (Å²) in [6.07, 6.45) is 15.0. The van der Waals surface area contributed by atoms with E-state index in [0.29, 0.717) is 36.4 Å². The zero-order valence-corrected chi connectivity index (χ0v) is 18.3. The SMILES string of the molecule is CCCCOc1ncc2c(n1)n(CCCC1CCCCN1C1CCCC1)c(=O)n2N. The number of likely N-dealkylation sites (tertiary alicyclic amines) is 1. The van der Waals surface area contributed by atoms with E-state index in [-0.39, 0.29) is 5.69 Å². The Morgan fingerprint density at radius 3 is 2.77 bits per heavy atom. The van der Waals surface area contributed by atoms with Crippen molar-refractivity contribution in [1.29, 1.82) is 0 Å². The molecule has 8 heteroatoms. The quantitative estimate of drug-likeness (QED) is 0.499. The normalized spacial score (nSPS) is 20.9. The Labute approximate surface area is 178 Å². The number of aromatic nitrogens is 4. The van der Waals surface area contributed by atoms with Crippen molar-refractivity contribution in [2.45, 2.75) is 96.2 Å².